The summed E-state index contributed by atoms with van der Waals surface area (Å²) < 4.78 is 324. The van der Waals surface area contributed by atoms with Crippen molar-refractivity contribution in [3.05, 3.63) is 0 Å². The average molecular weight is 684 g/mol. The summed E-state index contributed by atoms with van der Waals surface area (Å²) in [5, 5.41) is 0. The van der Waals surface area contributed by atoms with E-state index in [0.717, 1.165) is 18.9 Å². The molecule has 0 aromatic carbocycles. The molecular formula is C12HF25O4. The van der Waals surface area contributed by atoms with Crippen molar-refractivity contribution in [2.24, 2.45) is 0 Å². The van der Waals surface area contributed by atoms with E-state index in [1.54, 1.807) is 0 Å². The fraction of sp³-hybridized carbons (Fsp3) is 1.00. The van der Waals surface area contributed by atoms with Gasteiger partial charge in [-0.3, -0.25) is 23.7 Å². The highest BCUT2D eigenvalue weighted by Gasteiger charge is 2.92. The first kappa shape index (κ1) is 39.1. The SMILES string of the molecule is F.FC(F)(F)C1(F)OC(F)(F)C(F)(C(F)(F)F)OC(F)(F)C(F)(C(F)(F)F)OC(F)(F)C(F)(C(F)(F)F)OC1(F)F. The van der Waals surface area contributed by atoms with Crippen LogP contribution in [0.1, 0.15) is 0 Å². The molecule has 248 valence electrons. The average Bonchev–Trinajstić information content (AvgIpc) is 2.61. The molecule has 0 radical (unpaired) electrons. The zero-order chi connectivity index (χ0) is 32.8. The van der Waals surface area contributed by atoms with Crippen LogP contribution in [0.25, 0.3) is 0 Å². The summed E-state index contributed by atoms with van der Waals surface area (Å²) in [6.45, 7) is 0. The van der Waals surface area contributed by atoms with Crippen LogP contribution < -0.4 is 0 Å². The lowest BCUT2D eigenvalue weighted by atomic mass is 10.1. The first-order valence-corrected chi connectivity index (χ1v) is 8.17. The Bertz CT molecular complexity index is 796. The molecule has 1 rings (SSSR count). The summed E-state index contributed by atoms with van der Waals surface area (Å²) in [4.78, 5) is 0. The number of hydrogen-bond acceptors (Lipinski definition) is 4. The predicted molar refractivity (Wildman–Crippen MR) is 66.2 cm³/mol. The lowest BCUT2D eigenvalue weighted by molar-refractivity contribution is -0.618. The molecule has 1 heterocycles. The van der Waals surface area contributed by atoms with Gasteiger partial charge in [0.2, 0.25) is 0 Å². The first-order chi connectivity index (χ1) is 16.8. The smallest absolute Gasteiger partial charge is 0.269 e. The van der Waals surface area contributed by atoms with Crippen molar-refractivity contribution in [3.63, 3.8) is 0 Å². The second kappa shape index (κ2) is 9.55. The van der Waals surface area contributed by atoms with Gasteiger partial charge >= 0.3 is 72.6 Å². The molecule has 0 aromatic heterocycles. The third kappa shape index (κ3) is 5.60. The third-order valence-electron chi connectivity index (χ3n) is 4.03. The van der Waals surface area contributed by atoms with E-state index in [4.69, 9.17) is 0 Å². The molecule has 0 N–H and O–H groups in total. The second-order valence-corrected chi connectivity index (χ2v) is 6.85. The van der Waals surface area contributed by atoms with Gasteiger partial charge < -0.3 is 0 Å². The minimum atomic E-state index is -8.68. The Morgan fingerprint density at radius 3 is 0.439 bits per heavy atom. The summed E-state index contributed by atoms with van der Waals surface area (Å²) in [7, 11) is 0. The highest BCUT2D eigenvalue weighted by molar-refractivity contribution is 5.01. The van der Waals surface area contributed by atoms with Gasteiger partial charge in [0.15, 0.2) is 0 Å². The van der Waals surface area contributed by atoms with Crippen LogP contribution in [0.4, 0.5) is 110 Å². The molecule has 4 atom stereocenters. The van der Waals surface area contributed by atoms with E-state index in [2.05, 4.69) is 0 Å². The molecule has 1 fully saturated rings. The van der Waals surface area contributed by atoms with Crippen LogP contribution in [0.5, 0.6) is 0 Å². The van der Waals surface area contributed by atoms with Crippen molar-refractivity contribution in [3.8, 4) is 0 Å². The number of hydrogen-bond donors (Lipinski definition) is 0. The Morgan fingerprint density at radius 1 is 0.268 bits per heavy atom. The molecule has 1 aliphatic rings. The van der Waals surface area contributed by atoms with E-state index >= 15 is 0 Å². The van der Waals surface area contributed by atoms with Crippen molar-refractivity contribution in [2.45, 2.75) is 72.6 Å². The van der Waals surface area contributed by atoms with E-state index in [9.17, 15) is 105 Å². The maximum absolute atomic E-state index is 14.0. The molecule has 0 aromatic rings. The van der Waals surface area contributed by atoms with Gasteiger partial charge in [-0.25, -0.2) is 0 Å². The van der Waals surface area contributed by atoms with Crippen molar-refractivity contribution >= 4 is 0 Å². The minimum absolute atomic E-state index is 0. The Kier molecular flexibility index (Phi) is 9.10. The van der Waals surface area contributed by atoms with Crippen LogP contribution in [0.15, 0.2) is 0 Å². The molecule has 0 bridgehead atoms. The molecule has 1 aliphatic heterocycles. The Morgan fingerprint density at radius 2 is 0.366 bits per heavy atom. The lowest BCUT2D eigenvalue weighted by Gasteiger charge is -2.46. The number of alkyl halides is 24. The molecule has 0 spiro atoms. The van der Waals surface area contributed by atoms with Crippen molar-refractivity contribution < 1.29 is 129 Å². The molecule has 41 heavy (non-hydrogen) atoms. The van der Waals surface area contributed by atoms with Crippen LogP contribution >= 0.6 is 0 Å². The number of rotatable bonds is 0. The predicted octanol–water partition coefficient (Wildman–Crippen LogP) is 7.50. The van der Waals surface area contributed by atoms with Crippen molar-refractivity contribution in [1.82, 2.24) is 0 Å². The van der Waals surface area contributed by atoms with Gasteiger partial charge in [0.25, 0.3) is 0 Å². The Labute approximate surface area is 203 Å². The van der Waals surface area contributed by atoms with Gasteiger partial charge in [-0.05, 0) is 0 Å². The van der Waals surface area contributed by atoms with Crippen LogP contribution in [-0.4, -0.2) is 72.6 Å². The summed E-state index contributed by atoms with van der Waals surface area (Å²) in [6.07, 6.45) is -68.4. The van der Waals surface area contributed by atoms with Gasteiger partial charge in [-0.15, -0.1) is 0 Å². The molecule has 0 aliphatic carbocycles. The van der Waals surface area contributed by atoms with Gasteiger partial charge in [0, 0.05) is 0 Å². The van der Waals surface area contributed by atoms with E-state index in [-0.39, 0.29) is 4.70 Å². The van der Waals surface area contributed by atoms with Crippen molar-refractivity contribution in [1.29, 1.82) is 0 Å². The molecule has 1 saturated heterocycles. The van der Waals surface area contributed by atoms with E-state index < -0.39 is 72.6 Å². The lowest BCUT2D eigenvalue weighted by Crippen LogP contribution is -2.75. The molecule has 0 saturated carbocycles. The Balaban J connectivity index is 0.0000160. The standard InChI is InChI=1S/C12F24O4.FH/c13-1(5(17,18)19)9(29,30)38-3(15,7(23,24)25)11(33,34)40-4(16,8(26,27)28)12(35,36)39-2(14,6(20,21)22)10(31,32)37-1;/h;1H. The third-order valence-corrected chi connectivity index (χ3v) is 4.03. The molecule has 4 nitrogen and oxygen atoms in total. The van der Waals surface area contributed by atoms with Crippen molar-refractivity contribution in [2.75, 3.05) is 0 Å². The zero-order valence-corrected chi connectivity index (χ0v) is 17.1. The minimum Gasteiger partial charge on any atom is -0.269 e. The first-order valence-electron chi connectivity index (χ1n) is 8.17. The van der Waals surface area contributed by atoms with E-state index in [1.165, 1.54) is 0 Å². The van der Waals surface area contributed by atoms with Crippen LogP contribution in [0, 0.1) is 0 Å². The van der Waals surface area contributed by atoms with Crippen LogP contribution in [0.3, 0.4) is 0 Å². The van der Waals surface area contributed by atoms with E-state index in [1.807, 2.05) is 0 Å². The molecule has 4 unspecified atom stereocenters. The Hall–Kier alpha value is -1.91. The van der Waals surface area contributed by atoms with Crippen LogP contribution in [0.2, 0.25) is 0 Å². The fourth-order valence-corrected chi connectivity index (χ4v) is 2.10. The van der Waals surface area contributed by atoms with Gasteiger partial charge in [0.05, 0.1) is 0 Å². The summed E-state index contributed by atoms with van der Waals surface area (Å²) in [6, 6.07) is 0. The summed E-state index contributed by atoms with van der Waals surface area (Å²) >= 11 is 0. The van der Waals surface area contributed by atoms with Gasteiger partial charge in [-0.1, -0.05) is 0 Å². The quantitative estimate of drug-likeness (QED) is 0.248. The summed E-state index contributed by atoms with van der Waals surface area (Å²) in [5.41, 5.74) is 0. The van der Waals surface area contributed by atoms with Gasteiger partial charge in [0.1, 0.15) is 0 Å². The fourth-order valence-electron chi connectivity index (χ4n) is 2.10. The second-order valence-electron chi connectivity index (χ2n) is 6.85. The maximum Gasteiger partial charge on any atom is 0.458 e. The molecule has 29 heteroatoms. The monoisotopic (exact) mass is 684 g/mol. The largest absolute Gasteiger partial charge is 0.458 e. The number of ether oxygens (including phenoxy) is 4. The highest BCUT2D eigenvalue weighted by Crippen LogP contribution is 2.62. The number of halogens is 25. The maximum atomic E-state index is 14.0. The normalized spacial score (nSPS) is 36.9. The zero-order valence-electron chi connectivity index (χ0n) is 17.1. The highest BCUT2D eigenvalue weighted by atomic mass is 19.4. The molecule has 0 amide bonds. The van der Waals surface area contributed by atoms with Crippen LogP contribution in [-0.2, 0) is 18.9 Å². The molecular weight excluding hydrogens is 683 g/mol. The van der Waals surface area contributed by atoms with E-state index in [0.29, 0.717) is 0 Å². The van der Waals surface area contributed by atoms with Gasteiger partial charge in [-0.2, -0.15) is 105 Å². The summed E-state index contributed by atoms with van der Waals surface area (Å²) in [5.74, 6) is -34.7. The topological polar surface area (TPSA) is 36.9 Å².